The zero-order valence-electron chi connectivity index (χ0n) is 21.5. The minimum Gasteiger partial charge on any atom is -0.240 e. The molecule has 0 bridgehead atoms. The van der Waals surface area contributed by atoms with Crippen LogP contribution in [0.25, 0.3) is 38.3 Å². The number of aryl methyl sites for hydroxylation is 2. The Hall–Kier alpha value is -2.98. The van der Waals surface area contributed by atoms with Crippen LogP contribution >= 0.6 is 11.3 Å². The van der Waals surface area contributed by atoms with E-state index in [1.165, 1.54) is 48.9 Å². The minimum absolute atomic E-state index is 0.0204. The van der Waals surface area contributed by atoms with Gasteiger partial charge in [-0.15, -0.1) is 11.3 Å². The van der Waals surface area contributed by atoms with Gasteiger partial charge in [-0.3, -0.25) is 0 Å². The molecule has 0 spiro atoms. The van der Waals surface area contributed by atoms with Crippen LogP contribution in [-0.4, -0.2) is 9.55 Å². The van der Waals surface area contributed by atoms with Gasteiger partial charge in [-0.25, -0.2) is 9.55 Å². The van der Waals surface area contributed by atoms with E-state index in [4.69, 9.17) is 4.98 Å². The van der Waals surface area contributed by atoms with E-state index in [9.17, 15) is 0 Å². The normalized spacial score (nSPS) is 12.7. The molecule has 5 rings (SSSR count). The fourth-order valence-electron chi connectivity index (χ4n) is 4.66. The lowest BCUT2D eigenvalue weighted by atomic mass is 9.87. The highest BCUT2D eigenvalue weighted by Gasteiger charge is 2.30. The predicted octanol–water partition coefficient (Wildman–Crippen LogP) is 7.64. The Bertz CT molecular complexity index is 1520. The molecule has 0 amide bonds. The molecule has 34 heavy (non-hydrogen) atoms. The highest BCUT2D eigenvalue weighted by atomic mass is 32.1. The lowest BCUT2D eigenvalue weighted by molar-refractivity contribution is -0.633. The molecule has 2 heterocycles. The van der Waals surface area contributed by atoms with E-state index < -0.39 is 0 Å². The summed E-state index contributed by atoms with van der Waals surface area (Å²) in [4.78, 5) is 5.21. The molecule has 3 nitrogen and oxygen atoms in total. The Morgan fingerprint density at radius 1 is 0.824 bits per heavy atom. The molecular formula is C30H34N3S+. The van der Waals surface area contributed by atoms with Gasteiger partial charge in [0.05, 0.1) is 27.8 Å². The van der Waals surface area contributed by atoms with Crippen LogP contribution in [0, 0.1) is 6.92 Å². The second-order valence-corrected chi connectivity index (χ2v) is 12.4. The third-order valence-corrected chi connectivity index (χ3v) is 8.09. The Morgan fingerprint density at radius 3 is 2.15 bits per heavy atom. The summed E-state index contributed by atoms with van der Waals surface area (Å²) in [6.07, 6.45) is 0. The summed E-state index contributed by atoms with van der Waals surface area (Å²) in [5.41, 5.74) is 8.61. The van der Waals surface area contributed by atoms with E-state index in [1.807, 2.05) is 11.3 Å². The monoisotopic (exact) mass is 468 g/mol. The third kappa shape index (κ3) is 3.65. The molecule has 3 aromatic carbocycles. The van der Waals surface area contributed by atoms with Crippen molar-refractivity contribution < 1.29 is 4.57 Å². The number of fused-ring (bicyclic) bond motifs is 2. The van der Waals surface area contributed by atoms with E-state index in [1.54, 1.807) is 0 Å². The van der Waals surface area contributed by atoms with Crippen molar-refractivity contribution in [1.82, 2.24) is 9.55 Å². The first kappa shape index (κ1) is 22.8. The van der Waals surface area contributed by atoms with Crippen LogP contribution in [0.15, 0.2) is 60.7 Å². The van der Waals surface area contributed by atoms with Gasteiger partial charge >= 0.3 is 0 Å². The number of imidazole rings is 1. The van der Waals surface area contributed by atoms with Crippen molar-refractivity contribution in [1.29, 1.82) is 0 Å². The van der Waals surface area contributed by atoms with Crippen molar-refractivity contribution in [2.24, 2.45) is 7.05 Å². The zero-order valence-corrected chi connectivity index (χ0v) is 22.3. The molecule has 0 atom stereocenters. The maximum absolute atomic E-state index is 5.21. The largest absolute Gasteiger partial charge is 0.297 e. The Labute approximate surface area is 206 Å². The molecular weight excluding hydrogens is 434 g/mol. The van der Waals surface area contributed by atoms with E-state index in [-0.39, 0.29) is 10.8 Å². The van der Waals surface area contributed by atoms with Crippen molar-refractivity contribution in [2.45, 2.75) is 59.3 Å². The zero-order chi connectivity index (χ0) is 24.4. The third-order valence-electron chi connectivity index (χ3n) is 6.64. The number of nitrogens with zero attached hydrogens (tertiary/aromatic N) is 3. The number of hydrogen-bond acceptors (Lipinski definition) is 2. The van der Waals surface area contributed by atoms with Crippen LogP contribution < -0.4 is 4.57 Å². The van der Waals surface area contributed by atoms with Gasteiger partial charge < -0.3 is 0 Å². The first-order valence-corrected chi connectivity index (χ1v) is 12.8. The van der Waals surface area contributed by atoms with Gasteiger partial charge in [0.1, 0.15) is 5.69 Å². The Kier molecular flexibility index (Phi) is 5.21. The van der Waals surface area contributed by atoms with Crippen molar-refractivity contribution in [3.8, 4) is 17.1 Å². The summed E-state index contributed by atoms with van der Waals surface area (Å²) in [7, 11) is 2.17. The minimum atomic E-state index is 0.0204. The van der Waals surface area contributed by atoms with Gasteiger partial charge in [0.15, 0.2) is 11.0 Å². The van der Waals surface area contributed by atoms with Crippen molar-refractivity contribution in [2.75, 3.05) is 0 Å². The second-order valence-electron chi connectivity index (χ2n) is 11.4. The van der Waals surface area contributed by atoms with Gasteiger partial charge in [-0.1, -0.05) is 71.9 Å². The predicted molar refractivity (Wildman–Crippen MR) is 145 cm³/mol. The fraction of sp³-hybridized carbons (Fsp3) is 0.333. The summed E-state index contributed by atoms with van der Waals surface area (Å²) in [5, 5.41) is 1.18. The SMILES string of the molecule is Cc1ccc2sc(C(C)(C)C)nc2c1-c1n(-c2ccc(C(C)(C)C)cc2)c2ccccc2[n+]1C. The molecule has 5 aromatic rings. The van der Waals surface area contributed by atoms with Crippen LogP contribution in [0.3, 0.4) is 0 Å². The summed E-state index contributed by atoms with van der Waals surface area (Å²) in [5.74, 6) is 1.17. The van der Waals surface area contributed by atoms with Gasteiger partial charge in [-0.05, 0) is 53.8 Å². The maximum Gasteiger partial charge on any atom is 0.297 e. The summed E-state index contributed by atoms with van der Waals surface area (Å²) in [6.45, 7) is 15.7. The highest BCUT2D eigenvalue weighted by Crippen LogP contribution is 2.39. The number of benzene rings is 3. The molecule has 0 aliphatic rings. The Morgan fingerprint density at radius 2 is 1.50 bits per heavy atom. The summed E-state index contributed by atoms with van der Waals surface area (Å²) < 4.78 is 5.97. The van der Waals surface area contributed by atoms with Gasteiger partial charge in [-0.2, -0.15) is 4.57 Å². The molecule has 0 unspecified atom stereocenters. The molecule has 0 saturated heterocycles. The smallest absolute Gasteiger partial charge is 0.240 e. The van der Waals surface area contributed by atoms with Crippen LogP contribution in [0.5, 0.6) is 0 Å². The van der Waals surface area contributed by atoms with Crippen LogP contribution in [0.2, 0.25) is 0 Å². The highest BCUT2D eigenvalue weighted by molar-refractivity contribution is 7.18. The van der Waals surface area contributed by atoms with Crippen molar-refractivity contribution in [3.05, 3.63) is 76.8 Å². The topological polar surface area (TPSA) is 21.7 Å². The number of para-hydroxylation sites is 2. The van der Waals surface area contributed by atoms with Gasteiger partial charge in [0, 0.05) is 5.41 Å². The number of hydrogen-bond donors (Lipinski definition) is 0. The van der Waals surface area contributed by atoms with E-state index in [0.717, 1.165) is 5.52 Å². The maximum atomic E-state index is 5.21. The van der Waals surface area contributed by atoms with Crippen LogP contribution in [-0.2, 0) is 17.9 Å². The average Bonchev–Trinajstić information content (AvgIpc) is 3.33. The average molecular weight is 469 g/mol. The van der Waals surface area contributed by atoms with Gasteiger partial charge in [0.2, 0.25) is 0 Å². The number of rotatable bonds is 2. The summed E-state index contributed by atoms with van der Waals surface area (Å²) >= 11 is 1.81. The molecule has 0 saturated carbocycles. The molecule has 0 aliphatic heterocycles. The molecule has 174 valence electrons. The fourth-order valence-corrected chi connectivity index (χ4v) is 5.70. The quantitative estimate of drug-likeness (QED) is 0.244. The lowest BCUT2D eigenvalue weighted by Gasteiger charge is -2.18. The number of thiazole rings is 1. The van der Waals surface area contributed by atoms with Crippen LogP contribution in [0.1, 0.15) is 57.7 Å². The first-order valence-electron chi connectivity index (χ1n) is 12.0. The number of aromatic nitrogens is 3. The molecule has 0 fully saturated rings. The Balaban J connectivity index is 1.86. The van der Waals surface area contributed by atoms with Gasteiger partial charge in [0.25, 0.3) is 5.82 Å². The molecule has 4 heteroatoms. The van der Waals surface area contributed by atoms with E-state index >= 15 is 0 Å². The van der Waals surface area contributed by atoms with E-state index in [0.29, 0.717) is 0 Å². The van der Waals surface area contributed by atoms with E-state index in [2.05, 4.69) is 125 Å². The molecule has 0 aliphatic carbocycles. The molecule has 2 aromatic heterocycles. The first-order chi connectivity index (χ1) is 16.0. The van der Waals surface area contributed by atoms with Crippen LogP contribution in [0.4, 0.5) is 0 Å². The lowest BCUT2D eigenvalue weighted by Crippen LogP contribution is -2.30. The molecule has 0 N–H and O–H groups in total. The summed E-state index contributed by atoms with van der Waals surface area (Å²) in [6, 6.07) is 22.2. The second kappa shape index (κ2) is 7.78. The standard InChI is InChI=1S/C30H34N3S/c1-19-13-18-24-26(31-28(34-24)30(5,6)7)25(19)27-32(8)22-11-9-10-12-23(22)33(27)21-16-14-20(15-17-21)29(2,3)4/h9-18H,1-8H3/q+1. The van der Waals surface area contributed by atoms with Crippen molar-refractivity contribution >= 4 is 32.6 Å². The molecule has 0 radical (unpaired) electrons. The van der Waals surface area contributed by atoms with Crippen molar-refractivity contribution in [3.63, 3.8) is 0 Å².